The van der Waals surface area contributed by atoms with Crippen LogP contribution in [0, 0.1) is 6.92 Å². The molecule has 1 aliphatic heterocycles. The number of anilines is 1. The topological polar surface area (TPSA) is 29.0 Å². The van der Waals surface area contributed by atoms with Gasteiger partial charge in [0.2, 0.25) is 5.95 Å². The first-order chi connectivity index (χ1) is 6.75. The Hall–Kier alpha value is -1.19. The minimum Gasteiger partial charge on any atom is -0.338 e. The average molecular weight is 195 g/mol. The van der Waals surface area contributed by atoms with Crippen molar-refractivity contribution in [2.75, 3.05) is 18.0 Å². The highest BCUT2D eigenvalue weighted by molar-refractivity contribution is 5.30. The van der Waals surface area contributed by atoms with Gasteiger partial charge in [-0.1, -0.05) is 0 Å². The number of aromatic nitrogens is 2. The van der Waals surface area contributed by atoms with E-state index in [-0.39, 0.29) is 0 Å². The summed E-state index contributed by atoms with van der Waals surface area (Å²) in [6, 6.07) is 0. The molecule has 1 aromatic rings. The molecular formula is C10H14FN3. The van der Waals surface area contributed by atoms with Gasteiger partial charge in [0.1, 0.15) is 6.17 Å². The van der Waals surface area contributed by atoms with Crippen LogP contribution in [0.25, 0.3) is 0 Å². The maximum atomic E-state index is 13.1. The fourth-order valence-electron chi connectivity index (χ4n) is 1.66. The number of nitrogens with zero attached hydrogens (tertiary/aromatic N) is 3. The van der Waals surface area contributed by atoms with Crippen molar-refractivity contribution in [1.82, 2.24) is 9.97 Å². The highest BCUT2D eigenvalue weighted by Crippen LogP contribution is 2.17. The van der Waals surface area contributed by atoms with Crippen molar-refractivity contribution in [3.8, 4) is 0 Å². The van der Waals surface area contributed by atoms with Gasteiger partial charge < -0.3 is 4.90 Å². The number of piperidine rings is 1. The maximum Gasteiger partial charge on any atom is 0.225 e. The van der Waals surface area contributed by atoms with Gasteiger partial charge in [-0.05, 0) is 25.3 Å². The number of hydrogen-bond donors (Lipinski definition) is 0. The van der Waals surface area contributed by atoms with Crippen LogP contribution >= 0.6 is 0 Å². The predicted molar refractivity (Wildman–Crippen MR) is 53.1 cm³/mol. The Morgan fingerprint density at radius 1 is 1.43 bits per heavy atom. The molecule has 0 spiro atoms. The Labute approximate surface area is 83.0 Å². The van der Waals surface area contributed by atoms with E-state index >= 15 is 0 Å². The van der Waals surface area contributed by atoms with Gasteiger partial charge >= 0.3 is 0 Å². The molecule has 0 aromatic carbocycles. The van der Waals surface area contributed by atoms with E-state index in [0.717, 1.165) is 18.5 Å². The number of aryl methyl sites for hydroxylation is 1. The van der Waals surface area contributed by atoms with E-state index in [0.29, 0.717) is 18.9 Å². The molecule has 0 unspecified atom stereocenters. The predicted octanol–water partition coefficient (Wildman–Crippen LogP) is 1.72. The van der Waals surface area contributed by atoms with Gasteiger partial charge in [0.05, 0.1) is 6.54 Å². The van der Waals surface area contributed by atoms with Crippen LogP contribution in [0.4, 0.5) is 10.3 Å². The standard InChI is InChI=1S/C10H14FN3/c1-8-5-12-10(13-6-8)14-4-2-3-9(11)7-14/h5-6,9H,2-4,7H2,1H3/t9-/m0/s1. The van der Waals surface area contributed by atoms with Crippen LogP contribution < -0.4 is 4.90 Å². The lowest BCUT2D eigenvalue weighted by Crippen LogP contribution is -2.37. The molecule has 0 saturated carbocycles. The fraction of sp³-hybridized carbons (Fsp3) is 0.600. The van der Waals surface area contributed by atoms with E-state index in [2.05, 4.69) is 9.97 Å². The fourth-order valence-corrected chi connectivity index (χ4v) is 1.66. The van der Waals surface area contributed by atoms with Crippen molar-refractivity contribution >= 4 is 5.95 Å². The molecule has 1 saturated heterocycles. The molecule has 1 aliphatic rings. The van der Waals surface area contributed by atoms with Crippen LogP contribution in [-0.2, 0) is 0 Å². The minimum absolute atomic E-state index is 0.434. The molecule has 0 N–H and O–H groups in total. The zero-order valence-electron chi connectivity index (χ0n) is 8.28. The number of halogens is 1. The average Bonchev–Trinajstić information content (AvgIpc) is 2.19. The van der Waals surface area contributed by atoms with Crippen LogP contribution in [0.2, 0.25) is 0 Å². The molecule has 14 heavy (non-hydrogen) atoms. The first kappa shape index (κ1) is 9.37. The first-order valence-electron chi connectivity index (χ1n) is 4.93. The summed E-state index contributed by atoms with van der Waals surface area (Å²) in [7, 11) is 0. The number of hydrogen-bond acceptors (Lipinski definition) is 3. The molecule has 0 amide bonds. The zero-order valence-corrected chi connectivity index (χ0v) is 8.28. The summed E-state index contributed by atoms with van der Waals surface area (Å²) in [6.07, 6.45) is 4.36. The molecular weight excluding hydrogens is 181 g/mol. The molecule has 3 nitrogen and oxygen atoms in total. The Kier molecular flexibility index (Phi) is 2.61. The van der Waals surface area contributed by atoms with Crippen LogP contribution in [-0.4, -0.2) is 29.2 Å². The Morgan fingerprint density at radius 2 is 2.14 bits per heavy atom. The smallest absolute Gasteiger partial charge is 0.225 e. The highest BCUT2D eigenvalue weighted by Gasteiger charge is 2.20. The van der Waals surface area contributed by atoms with Gasteiger partial charge in [0.25, 0.3) is 0 Å². The maximum absolute atomic E-state index is 13.1. The molecule has 2 heterocycles. The van der Waals surface area contributed by atoms with Gasteiger partial charge in [-0.15, -0.1) is 0 Å². The van der Waals surface area contributed by atoms with E-state index in [1.807, 2.05) is 11.8 Å². The van der Waals surface area contributed by atoms with Crippen LogP contribution in [0.1, 0.15) is 18.4 Å². The van der Waals surface area contributed by atoms with E-state index in [1.165, 1.54) is 0 Å². The van der Waals surface area contributed by atoms with Gasteiger partial charge in [0, 0.05) is 18.9 Å². The zero-order chi connectivity index (χ0) is 9.97. The van der Waals surface area contributed by atoms with Crippen molar-refractivity contribution in [2.24, 2.45) is 0 Å². The summed E-state index contributed by atoms with van der Waals surface area (Å²) in [4.78, 5) is 10.3. The molecule has 0 radical (unpaired) electrons. The SMILES string of the molecule is Cc1cnc(N2CCC[C@H](F)C2)nc1. The lowest BCUT2D eigenvalue weighted by atomic mass is 10.1. The van der Waals surface area contributed by atoms with Crippen molar-refractivity contribution in [2.45, 2.75) is 25.9 Å². The second kappa shape index (κ2) is 3.90. The molecule has 0 aliphatic carbocycles. The van der Waals surface area contributed by atoms with Crippen LogP contribution in [0.15, 0.2) is 12.4 Å². The lowest BCUT2D eigenvalue weighted by molar-refractivity contribution is 0.285. The van der Waals surface area contributed by atoms with Crippen molar-refractivity contribution in [3.05, 3.63) is 18.0 Å². The first-order valence-corrected chi connectivity index (χ1v) is 4.93. The minimum atomic E-state index is -0.728. The van der Waals surface area contributed by atoms with Crippen molar-refractivity contribution in [1.29, 1.82) is 0 Å². The second-order valence-electron chi connectivity index (χ2n) is 3.75. The van der Waals surface area contributed by atoms with Crippen molar-refractivity contribution in [3.63, 3.8) is 0 Å². The number of alkyl halides is 1. The lowest BCUT2D eigenvalue weighted by Gasteiger charge is -2.28. The van der Waals surface area contributed by atoms with E-state index in [4.69, 9.17) is 0 Å². The largest absolute Gasteiger partial charge is 0.338 e. The summed E-state index contributed by atoms with van der Waals surface area (Å²) < 4.78 is 13.1. The van der Waals surface area contributed by atoms with Crippen molar-refractivity contribution < 1.29 is 4.39 Å². The summed E-state index contributed by atoms with van der Waals surface area (Å²) in [5, 5.41) is 0. The van der Waals surface area contributed by atoms with E-state index in [1.54, 1.807) is 12.4 Å². The van der Waals surface area contributed by atoms with Crippen LogP contribution in [0.3, 0.4) is 0 Å². The summed E-state index contributed by atoms with van der Waals surface area (Å²) in [5.41, 5.74) is 1.03. The second-order valence-corrected chi connectivity index (χ2v) is 3.75. The molecule has 1 atom stereocenters. The third-order valence-corrected chi connectivity index (χ3v) is 2.41. The third-order valence-electron chi connectivity index (χ3n) is 2.41. The normalized spacial score (nSPS) is 22.4. The molecule has 4 heteroatoms. The molecule has 1 fully saturated rings. The Bertz CT molecular complexity index is 299. The summed E-state index contributed by atoms with van der Waals surface area (Å²) in [5.74, 6) is 0.651. The number of rotatable bonds is 1. The van der Waals surface area contributed by atoms with Gasteiger partial charge in [-0.3, -0.25) is 0 Å². The molecule has 0 bridgehead atoms. The highest BCUT2D eigenvalue weighted by atomic mass is 19.1. The quantitative estimate of drug-likeness (QED) is 0.683. The Balaban J connectivity index is 2.10. The molecule has 1 aromatic heterocycles. The Morgan fingerprint density at radius 3 is 2.79 bits per heavy atom. The third kappa shape index (κ3) is 2.00. The molecule has 2 rings (SSSR count). The van der Waals surface area contributed by atoms with E-state index in [9.17, 15) is 4.39 Å². The van der Waals surface area contributed by atoms with E-state index < -0.39 is 6.17 Å². The van der Waals surface area contributed by atoms with Gasteiger partial charge in [-0.2, -0.15) is 0 Å². The summed E-state index contributed by atoms with van der Waals surface area (Å²) in [6.45, 7) is 3.24. The van der Waals surface area contributed by atoms with Gasteiger partial charge in [0.15, 0.2) is 0 Å². The van der Waals surface area contributed by atoms with Crippen LogP contribution in [0.5, 0.6) is 0 Å². The molecule has 76 valence electrons. The summed E-state index contributed by atoms with van der Waals surface area (Å²) >= 11 is 0. The van der Waals surface area contributed by atoms with Gasteiger partial charge in [-0.25, -0.2) is 14.4 Å². The monoisotopic (exact) mass is 195 g/mol.